The van der Waals surface area contributed by atoms with Crippen molar-refractivity contribution in [3.63, 3.8) is 0 Å². The summed E-state index contributed by atoms with van der Waals surface area (Å²) in [7, 11) is 1.53. The molecular formula is C17H22BrN3O4. The van der Waals surface area contributed by atoms with Gasteiger partial charge in [-0.2, -0.15) is 0 Å². The number of hydrogen-bond acceptors (Lipinski definition) is 4. The van der Waals surface area contributed by atoms with Crippen molar-refractivity contribution in [1.82, 2.24) is 10.2 Å². The van der Waals surface area contributed by atoms with Gasteiger partial charge in [0.05, 0.1) is 17.2 Å². The Balaban J connectivity index is 1.98. The number of ether oxygens (including phenoxy) is 1. The Labute approximate surface area is 155 Å². The maximum atomic E-state index is 12.4. The molecule has 0 unspecified atom stereocenters. The van der Waals surface area contributed by atoms with Crippen molar-refractivity contribution < 1.29 is 19.1 Å². The van der Waals surface area contributed by atoms with Crippen LogP contribution in [0.2, 0.25) is 0 Å². The Morgan fingerprint density at radius 2 is 1.88 bits per heavy atom. The molecule has 1 aromatic carbocycles. The van der Waals surface area contributed by atoms with E-state index < -0.39 is 11.7 Å². The van der Waals surface area contributed by atoms with Gasteiger partial charge in [-0.1, -0.05) is 15.9 Å². The highest BCUT2D eigenvalue weighted by Gasteiger charge is 2.38. The summed E-state index contributed by atoms with van der Waals surface area (Å²) in [5.74, 6) is -0.848. The van der Waals surface area contributed by atoms with E-state index in [1.807, 2.05) is 0 Å². The van der Waals surface area contributed by atoms with Crippen LogP contribution in [-0.2, 0) is 9.53 Å². The van der Waals surface area contributed by atoms with Crippen LogP contribution >= 0.6 is 15.9 Å². The Morgan fingerprint density at radius 1 is 1.24 bits per heavy atom. The maximum absolute atomic E-state index is 12.4. The molecule has 1 aliphatic rings. The minimum atomic E-state index is -0.566. The summed E-state index contributed by atoms with van der Waals surface area (Å²) in [6.07, 6.45) is -0.426. The second-order valence-electron chi connectivity index (χ2n) is 6.84. The SMILES string of the molecule is CNC(=O)c1ccc(Br)cc1NC(=O)C1CN(C(=O)OC(C)(C)C)C1. The molecule has 1 fully saturated rings. The van der Waals surface area contributed by atoms with Gasteiger partial charge in [0.25, 0.3) is 5.91 Å². The zero-order valence-corrected chi connectivity index (χ0v) is 16.3. The summed E-state index contributed by atoms with van der Waals surface area (Å²) in [5.41, 5.74) is 0.236. The summed E-state index contributed by atoms with van der Waals surface area (Å²) in [6, 6.07) is 5.03. The molecule has 8 heteroatoms. The summed E-state index contributed by atoms with van der Waals surface area (Å²) >= 11 is 3.33. The minimum absolute atomic E-state index is 0.233. The zero-order chi connectivity index (χ0) is 18.8. The van der Waals surface area contributed by atoms with Crippen molar-refractivity contribution in [2.24, 2.45) is 5.92 Å². The topological polar surface area (TPSA) is 87.7 Å². The average molecular weight is 412 g/mol. The first-order valence-corrected chi connectivity index (χ1v) is 8.70. The number of likely N-dealkylation sites (tertiary alicyclic amines) is 1. The van der Waals surface area contributed by atoms with E-state index >= 15 is 0 Å². The van der Waals surface area contributed by atoms with Gasteiger partial charge >= 0.3 is 6.09 Å². The van der Waals surface area contributed by atoms with Gasteiger partial charge < -0.3 is 20.3 Å². The van der Waals surface area contributed by atoms with Crippen molar-refractivity contribution >= 4 is 39.5 Å². The van der Waals surface area contributed by atoms with Crippen molar-refractivity contribution in [3.05, 3.63) is 28.2 Å². The third kappa shape index (κ3) is 4.94. The van der Waals surface area contributed by atoms with Gasteiger partial charge in [0, 0.05) is 24.6 Å². The molecule has 0 atom stereocenters. The second kappa shape index (κ2) is 7.43. The molecule has 0 bridgehead atoms. The van der Waals surface area contributed by atoms with Gasteiger partial charge in [0.1, 0.15) is 5.60 Å². The van der Waals surface area contributed by atoms with E-state index in [0.29, 0.717) is 24.3 Å². The van der Waals surface area contributed by atoms with E-state index in [1.54, 1.807) is 39.0 Å². The molecule has 0 saturated carbocycles. The number of carbonyl (C=O) groups excluding carboxylic acids is 3. The lowest BCUT2D eigenvalue weighted by molar-refractivity contribution is -0.124. The number of anilines is 1. The molecule has 2 rings (SSSR count). The van der Waals surface area contributed by atoms with Gasteiger partial charge in [-0.05, 0) is 39.0 Å². The molecule has 3 amide bonds. The molecule has 1 heterocycles. The molecule has 2 N–H and O–H groups in total. The number of rotatable bonds is 3. The smallest absolute Gasteiger partial charge is 0.410 e. The monoisotopic (exact) mass is 411 g/mol. The predicted octanol–water partition coefficient (Wildman–Crippen LogP) is 2.61. The number of nitrogens with one attached hydrogen (secondary N) is 2. The quantitative estimate of drug-likeness (QED) is 0.799. The van der Waals surface area contributed by atoms with Crippen LogP contribution in [0.5, 0.6) is 0 Å². The number of hydrogen-bond donors (Lipinski definition) is 2. The predicted molar refractivity (Wildman–Crippen MR) is 97.5 cm³/mol. The first-order valence-electron chi connectivity index (χ1n) is 7.91. The minimum Gasteiger partial charge on any atom is -0.444 e. The Kier molecular flexibility index (Phi) is 5.72. The highest BCUT2D eigenvalue weighted by molar-refractivity contribution is 9.10. The van der Waals surface area contributed by atoms with E-state index in [9.17, 15) is 14.4 Å². The van der Waals surface area contributed by atoms with Crippen LogP contribution in [-0.4, -0.2) is 48.5 Å². The van der Waals surface area contributed by atoms with Gasteiger partial charge in [0.2, 0.25) is 5.91 Å². The molecule has 0 radical (unpaired) electrons. The summed E-state index contributed by atoms with van der Waals surface area (Å²) < 4.78 is 6.01. The number of amides is 3. The van der Waals surface area contributed by atoms with Crippen LogP contribution in [0.25, 0.3) is 0 Å². The lowest BCUT2D eigenvalue weighted by Crippen LogP contribution is -2.55. The summed E-state index contributed by atoms with van der Waals surface area (Å²) in [4.78, 5) is 37.7. The molecule has 1 aromatic rings. The third-order valence-corrected chi connectivity index (χ3v) is 4.11. The van der Waals surface area contributed by atoms with Crippen molar-refractivity contribution in [3.8, 4) is 0 Å². The van der Waals surface area contributed by atoms with Crippen LogP contribution < -0.4 is 10.6 Å². The van der Waals surface area contributed by atoms with E-state index in [4.69, 9.17) is 4.74 Å². The zero-order valence-electron chi connectivity index (χ0n) is 14.7. The molecule has 1 aliphatic heterocycles. The molecule has 25 heavy (non-hydrogen) atoms. The number of halogens is 1. The molecule has 7 nitrogen and oxygen atoms in total. The first kappa shape index (κ1) is 19.2. The number of carbonyl (C=O) groups is 3. The normalized spacial score (nSPS) is 14.5. The Bertz CT molecular complexity index is 694. The highest BCUT2D eigenvalue weighted by atomic mass is 79.9. The standard InChI is InChI=1S/C17H22BrN3O4/c1-17(2,3)25-16(24)21-8-10(9-21)14(22)20-13-7-11(18)5-6-12(13)15(23)19-4/h5-7,10H,8-9H2,1-4H3,(H,19,23)(H,20,22). The Hall–Kier alpha value is -2.09. The molecule has 0 spiro atoms. The first-order chi connectivity index (χ1) is 11.6. The van der Waals surface area contributed by atoms with Crippen molar-refractivity contribution in [2.45, 2.75) is 26.4 Å². The van der Waals surface area contributed by atoms with E-state index in [0.717, 1.165) is 4.47 Å². The number of benzene rings is 1. The molecular weight excluding hydrogens is 390 g/mol. The van der Waals surface area contributed by atoms with Gasteiger partial charge in [0.15, 0.2) is 0 Å². The van der Waals surface area contributed by atoms with Crippen LogP contribution in [0.1, 0.15) is 31.1 Å². The van der Waals surface area contributed by atoms with Crippen molar-refractivity contribution in [1.29, 1.82) is 0 Å². The summed E-state index contributed by atoms with van der Waals surface area (Å²) in [5, 5.41) is 5.31. The van der Waals surface area contributed by atoms with Gasteiger partial charge in [-0.15, -0.1) is 0 Å². The van der Waals surface area contributed by atoms with Crippen molar-refractivity contribution in [2.75, 3.05) is 25.5 Å². The number of nitrogens with zero attached hydrogens (tertiary/aromatic N) is 1. The van der Waals surface area contributed by atoms with E-state index in [2.05, 4.69) is 26.6 Å². The highest BCUT2D eigenvalue weighted by Crippen LogP contribution is 2.25. The van der Waals surface area contributed by atoms with Gasteiger partial charge in [-0.25, -0.2) is 4.79 Å². The maximum Gasteiger partial charge on any atom is 0.410 e. The molecule has 136 valence electrons. The van der Waals surface area contributed by atoms with Crippen LogP contribution in [0.15, 0.2) is 22.7 Å². The fourth-order valence-electron chi connectivity index (χ4n) is 2.31. The Morgan fingerprint density at radius 3 is 2.44 bits per heavy atom. The largest absolute Gasteiger partial charge is 0.444 e. The van der Waals surface area contributed by atoms with E-state index in [1.165, 1.54) is 11.9 Å². The lowest BCUT2D eigenvalue weighted by Gasteiger charge is -2.38. The van der Waals surface area contributed by atoms with Crippen LogP contribution in [0, 0.1) is 5.92 Å². The lowest BCUT2D eigenvalue weighted by atomic mass is 9.99. The summed E-state index contributed by atoms with van der Waals surface area (Å²) in [6.45, 7) is 5.97. The molecule has 1 saturated heterocycles. The van der Waals surface area contributed by atoms with E-state index in [-0.39, 0.29) is 17.7 Å². The average Bonchev–Trinajstić information content (AvgIpc) is 2.43. The molecule has 0 aliphatic carbocycles. The second-order valence-corrected chi connectivity index (χ2v) is 7.76. The molecule has 0 aromatic heterocycles. The van der Waals surface area contributed by atoms with Gasteiger partial charge in [-0.3, -0.25) is 9.59 Å². The van der Waals surface area contributed by atoms with Crippen LogP contribution in [0.3, 0.4) is 0 Å². The fraction of sp³-hybridized carbons (Fsp3) is 0.471. The fourth-order valence-corrected chi connectivity index (χ4v) is 2.67. The van der Waals surface area contributed by atoms with Crippen LogP contribution in [0.4, 0.5) is 10.5 Å². The third-order valence-electron chi connectivity index (χ3n) is 3.62.